The predicted octanol–water partition coefficient (Wildman–Crippen LogP) is 5.45. The minimum atomic E-state index is -0.529. The highest BCUT2D eigenvalue weighted by Crippen LogP contribution is 2.44. The molecular formula is C27H27ClFNO5. The predicted molar refractivity (Wildman–Crippen MR) is 130 cm³/mol. The number of carbonyl (C=O) groups is 2. The zero-order chi connectivity index (χ0) is 25.1. The van der Waals surface area contributed by atoms with Crippen LogP contribution in [-0.2, 0) is 20.9 Å². The summed E-state index contributed by atoms with van der Waals surface area (Å²) in [5.41, 5.74) is 3.40. The van der Waals surface area contributed by atoms with E-state index in [-0.39, 0.29) is 24.0 Å². The van der Waals surface area contributed by atoms with Gasteiger partial charge in [-0.1, -0.05) is 23.7 Å². The van der Waals surface area contributed by atoms with E-state index in [9.17, 15) is 14.0 Å². The molecule has 2 atom stereocenters. The lowest BCUT2D eigenvalue weighted by atomic mass is 9.71. The van der Waals surface area contributed by atoms with Crippen LogP contribution >= 0.6 is 11.6 Å². The Kier molecular flexibility index (Phi) is 7.45. The van der Waals surface area contributed by atoms with Crippen molar-refractivity contribution in [2.45, 2.75) is 39.2 Å². The average molecular weight is 500 g/mol. The van der Waals surface area contributed by atoms with Crippen molar-refractivity contribution in [3.8, 4) is 11.5 Å². The molecule has 8 heteroatoms. The third-order valence-corrected chi connectivity index (χ3v) is 6.55. The molecular weight excluding hydrogens is 473 g/mol. The van der Waals surface area contributed by atoms with Gasteiger partial charge in [-0.2, -0.15) is 0 Å². The molecule has 0 aromatic heterocycles. The van der Waals surface area contributed by atoms with Gasteiger partial charge in [0.2, 0.25) is 0 Å². The topological polar surface area (TPSA) is 73.9 Å². The van der Waals surface area contributed by atoms with Gasteiger partial charge >= 0.3 is 5.97 Å². The number of Topliss-reactive ketones (excluding diaryl/α,β-unsaturated/α-hetero) is 1. The molecule has 0 bridgehead atoms. The third kappa shape index (κ3) is 5.05. The molecule has 184 valence electrons. The summed E-state index contributed by atoms with van der Waals surface area (Å²) < 4.78 is 30.2. The molecule has 1 N–H and O–H groups in total. The molecule has 2 aromatic rings. The van der Waals surface area contributed by atoms with E-state index in [1.54, 1.807) is 20.1 Å². The fourth-order valence-corrected chi connectivity index (χ4v) is 4.85. The van der Waals surface area contributed by atoms with E-state index in [1.165, 1.54) is 18.2 Å². The van der Waals surface area contributed by atoms with Crippen LogP contribution in [0.25, 0.3) is 0 Å². The standard InChI is InChI=1S/C27H27ClFNO5/c1-4-34-27(32)24-15(2)30-21-6-5-7-22(31)26(21)25(24)16-8-11-23(33-3)17(12-16)14-35-18-9-10-20(29)19(28)13-18/h6,8-13,25-26,30H,4-5,7,14H2,1-3H3. The number of hydrogen-bond donors (Lipinski definition) is 1. The number of nitrogens with one attached hydrogen (secondary N) is 1. The highest BCUT2D eigenvalue weighted by Gasteiger charge is 2.43. The van der Waals surface area contributed by atoms with Gasteiger partial charge in [-0.05, 0) is 50.1 Å². The van der Waals surface area contributed by atoms with Crippen molar-refractivity contribution in [2.24, 2.45) is 5.92 Å². The number of ketones is 1. The van der Waals surface area contributed by atoms with Crippen LogP contribution in [0.15, 0.2) is 59.4 Å². The Morgan fingerprint density at radius 3 is 2.71 bits per heavy atom. The van der Waals surface area contributed by atoms with Crippen molar-refractivity contribution in [3.05, 3.63) is 81.4 Å². The number of ether oxygens (including phenoxy) is 3. The Labute approximate surface area is 208 Å². The minimum Gasteiger partial charge on any atom is -0.496 e. The second kappa shape index (κ2) is 10.5. The van der Waals surface area contributed by atoms with Crippen LogP contribution in [0.4, 0.5) is 4.39 Å². The van der Waals surface area contributed by atoms with Crippen molar-refractivity contribution in [3.63, 3.8) is 0 Å². The van der Waals surface area contributed by atoms with E-state index >= 15 is 0 Å². The Hall–Kier alpha value is -3.32. The largest absolute Gasteiger partial charge is 0.496 e. The molecule has 0 radical (unpaired) electrons. The van der Waals surface area contributed by atoms with Crippen LogP contribution < -0.4 is 14.8 Å². The first-order valence-corrected chi connectivity index (χ1v) is 11.8. The van der Waals surface area contributed by atoms with Crippen molar-refractivity contribution in [1.82, 2.24) is 5.32 Å². The lowest BCUT2D eigenvalue weighted by Gasteiger charge is -2.38. The van der Waals surface area contributed by atoms with Crippen LogP contribution in [0.5, 0.6) is 11.5 Å². The molecule has 1 aliphatic heterocycles. The van der Waals surface area contributed by atoms with Gasteiger partial charge in [0, 0.05) is 35.4 Å². The van der Waals surface area contributed by atoms with Crippen LogP contribution in [0.3, 0.4) is 0 Å². The molecule has 0 amide bonds. The Bertz CT molecular complexity index is 1220. The van der Waals surface area contributed by atoms with Gasteiger partial charge in [0.1, 0.15) is 29.7 Å². The quantitative estimate of drug-likeness (QED) is 0.510. The first-order chi connectivity index (χ1) is 16.8. The summed E-state index contributed by atoms with van der Waals surface area (Å²) in [4.78, 5) is 26.1. The lowest BCUT2D eigenvalue weighted by Crippen LogP contribution is -2.40. The number of allylic oxidation sites excluding steroid dienone is 3. The maximum absolute atomic E-state index is 13.5. The summed E-state index contributed by atoms with van der Waals surface area (Å²) in [6.45, 7) is 3.91. The zero-order valence-electron chi connectivity index (χ0n) is 19.8. The lowest BCUT2D eigenvalue weighted by molar-refractivity contribution is -0.139. The van der Waals surface area contributed by atoms with Crippen LogP contribution in [0, 0.1) is 11.7 Å². The van der Waals surface area contributed by atoms with Gasteiger partial charge in [0.05, 0.1) is 30.2 Å². The molecule has 2 aliphatic rings. The highest BCUT2D eigenvalue weighted by molar-refractivity contribution is 6.30. The molecule has 6 nitrogen and oxygen atoms in total. The monoisotopic (exact) mass is 499 g/mol. The zero-order valence-corrected chi connectivity index (χ0v) is 20.6. The summed E-state index contributed by atoms with van der Waals surface area (Å²) in [7, 11) is 1.55. The summed E-state index contributed by atoms with van der Waals surface area (Å²) in [6, 6.07) is 9.67. The first kappa shape index (κ1) is 24.8. The van der Waals surface area contributed by atoms with E-state index in [0.717, 1.165) is 11.3 Å². The van der Waals surface area contributed by atoms with E-state index in [0.29, 0.717) is 41.2 Å². The van der Waals surface area contributed by atoms with Gasteiger partial charge in [0.15, 0.2) is 0 Å². The van der Waals surface area contributed by atoms with Crippen molar-refractivity contribution >= 4 is 23.4 Å². The summed E-state index contributed by atoms with van der Waals surface area (Å²) in [6.07, 6.45) is 3.10. The molecule has 2 aromatic carbocycles. The number of carbonyl (C=O) groups excluding carboxylic acids is 2. The van der Waals surface area contributed by atoms with Crippen LogP contribution in [0.2, 0.25) is 5.02 Å². The summed E-state index contributed by atoms with van der Waals surface area (Å²) >= 11 is 5.87. The Morgan fingerprint density at radius 1 is 1.20 bits per heavy atom. The smallest absolute Gasteiger partial charge is 0.336 e. The normalized spacial score (nSPS) is 19.5. The van der Waals surface area contributed by atoms with Crippen molar-refractivity contribution in [1.29, 1.82) is 0 Å². The first-order valence-electron chi connectivity index (χ1n) is 11.5. The number of benzene rings is 2. The summed E-state index contributed by atoms with van der Waals surface area (Å²) in [5.74, 6) is -0.942. The minimum absolute atomic E-state index is 0.0345. The number of halogens is 2. The van der Waals surface area contributed by atoms with Crippen molar-refractivity contribution < 1.29 is 28.2 Å². The molecule has 2 unspecified atom stereocenters. The number of esters is 1. The second-order valence-corrected chi connectivity index (χ2v) is 8.85. The van der Waals surface area contributed by atoms with Crippen LogP contribution in [-0.4, -0.2) is 25.5 Å². The van der Waals surface area contributed by atoms with E-state index in [1.807, 2.05) is 25.1 Å². The number of methoxy groups -OCH3 is 1. The second-order valence-electron chi connectivity index (χ2n) is 8.44. The van der Waals surface area contributed by atoms with E-state index in [4.69, 9.17) is 25.8 Å². The average Bonchev–Trinajstić information content (AvgIpc) is 2.84. The van der Waals surface area contributed by atoms with Gasteiger partial charge in [-0.25, -0.2) is 9.18 Å². The van der Waals surface area contributed by atoms with Gasteiger partial charge in [0.25, 0.3) is 0 Å². The Morgan fingerprint density at radius 2 is 2.00 bits per heavy atom. The number of fused-ring (bicyclic) bond motifs is 1. The maximum atomic E-state index is 13.5. The summed E-state index contributed by atoms with van der Waals surface area (Å²) in [5, 5.41) is 3.22. The molecule has 0 saturated heterocycles. The Balaban J connectivity index is 1.75. The van der Waals surface area contributed by atoms with Gasteiger partial charge in [-0.15, -0.1) is 0 Å². The molecule has 0 fully saturated rings. The van der Waals surface area contributed by atoms with Gasteiger partial charge in [-0.3, -0.25) is 4.79 Å². The molecule has 4 rings (SSSR count). The fraction of sp³-hybridized carbons (Fsp3) is 0.333. The van der Waals surface area contributed by atoms with Crippen LogP contribution in [0.1, 0.15) is 43.7 Å². The molecule has 0 spiro atoms. The number of hydrogen-bond acceptors (Lipinski definition) is 6. The van der Waals surface area contributed by atoms with E-state index < -0.39 is 23.6 Å². The molecule has 0 saturated carbocycles. The number of rotatable bonds is 7. The molecule has 1 aliphatic carbocycles. The molecule has 35 heavy (non-hydrogen) atoms. The van der Waals surface area contributed by atoms with Gasteiger partial charge < -0.3 is 19.5 Å². The third-order valence-electron chi connectivity index (χ3n) is 6.26. The van der Waals surface area contributed by atoms with E-state index in [2.05, 4.69) is 5.32 Å². The highest BCUT2D eigenvalue weighted by atomic mass is 35.5. The SMILES string of the molecule is CCOC(=O)C1=C(C)NC2=CCCC(=O)C2C1c1ccc(OC)c(COc2ccc(F)c(Cl)c2)c1. The molecule has 1 heterocycles. The van der Waals surface area contributed by atoms with Crippen molar-refractivity contribution in [2.75, 3.05) is 13.7 Å². The fourth-order valence-electron chi connectivity index (χ4n) is 4.68. The maximum Gasteiger partial charge on any atom is 0.336 e.